The third-order valence-corrected chi connectivity index (χ3v) is 6.87. The van der Waals surface area contributed by atoms with E-state index in [4.69, 9.17) is 0 Å². The number of thiophene rings is 1. The van der Waals surface area contributed by atoms with Crippen LogP contribution in [0.5, 0.6) is 0 Å². The topological polar surface area (TPSA) is 52.7 Å². The van der Waals surface area contributed by atoms with E-state index in [9.17, 15) is 0 Å². The Balaban J connectivity index is 1.30. The van der Waals surface area contributed by atoms with Crippen LogP contribution in [-0.2, 0) is 6.42 Å². The van der Waals surface area contributed by atoms with Crippen LogP contribution in [0.4, 0.5) is 27.8 Å². The van der Waals surface area contributed by atoms with Gasteiger partial charge in [0, 0.05) is 23.7 Å². The van der Waals surface area contributed by atoms with E-state index >= 15 is 0 Å². The average Bonchev–Trinajstić information content (AvgIpc) is 3.48. The molecule has 6 heteroatoms. The Morgan fingerprint density at radius 1 is 0.765 bits per heavy atom. The summed E-state index contributed by atoms with van der Waals surface area (Å²) >= 11 is 1.73. The van der Waals surface area contributed by atoms with Gasteiger partial charge >= 0.3 is 0 Å². The Bertz CT molecular complexity index is 1100. The van der Waals surface area contributed by atoms with Gasteiger partial charge < -0.3 is 4.90 Å². The van der Waals surface area contributed by atoms with Crippen molar-refractivity contribution in [1.29, 1.82) is 0 Å². The summed E-state index contributed by atoms with van der Waals surface area (Å²) in [6.07, 6.45) is 4.87. The predicted octanol–water partition coefficient (Wildman–Crippen LogP) is 9.79. The Labute approximate surface area is 207 Å². The van der Waals surface area contributed by atoms with E-state index in [0.717, 1.165) is 41.6 Å². The number of anilines is 1. The quantitative estimate of drug-likeness (QED) is 0.300. The standard InChI is InChI=1S/C28H35N5S/c1-21(20-28(2,3)4)19-26-15-16-27(34-26)32-31-23-9-7-22(8-10-23)29-30-24-11-13-25(14-12-24)33-17-5-6-18-33/h7-16,21H,5-6,17-20H2,1-4H3. The van der Waals surface area contributed by atoms with Gasteiger partial charge in [-0.3, -0.25) is 0 Å². The molecule has 1 saturated heterocycles. The molecule has 34 heavy (non-hydrogen) atoms. The normalized spacial score (nSPS) is 15.6. The van der Waals surface area contributed by atoms with E-state index in [2.05, 4.69) is 77.3 Å². The minimum Gasteiger partial charge on any atom is -0.372 e. The van der Waals surface area contributed by atoms with Crippen molar-refractivity contribution < 1.29 is 0 Å². The minimum absolute atomic E-state index is 0.364. The largest absolute Gasteiger partial charge is 0.372 e. The van der Waals surface area contributed by atoms with Crippen LogP contribution >= 0.6 is 11.3 Å². The monoisotopic (exact) mass is 473 g/mol. The second-order valence-electron chi connectivity index (χ2n) is 10.4. The summed E-state index contributed by atoms with van der Waals surface area (Å²) in [6.45, 7) is 11.5. The molecule has 1 aromatic heterocycles. The van der Waals surface area contributed by atoms with Crippen molar-refractivity contribution in [1.82, 2.24) is 0 Å². The molecule has 1 atom stereocenters. The molecule has 0 N–H and O–H groups in total. The zero-order valence-corrected chi connectivity index (χ0v) is 21.6. The van der Waals surface area contributed by atoms with Crippen LogP contribution in [0.25, 0.3) is 0 Å². The van der Waals surface area contributed by atoms with Crippen molar-refractivity contribution in [2.24, 2.45) is 31.8 Å². The first-order chi connectivity index (χ1) is 16.3. The number of azo groups is 2. The van der Waals surface area contributed by atoms with E-state index in [1.165, 1.54) is 29.8 Å². The lowest BCUT2D eigenvalue weighted by Gasteiger charge is -2.22. The molecular formula is C28H35N5S. The van der Waals surface area contributed by atoms with E-state index in [1.807, 2.05) is 36.4 Å². The van der Waals surface area contributed by atoms with Gasteiger partial charge in [-0.15, -0.1) is 21.6 Å². The molecule has 2 heterocycles. The fraction of sp³-hybridized carbons (Fsp3) is 0.429. The van der Waals surface area contributed by atoms with Gasteiger partial charge in [0.2, 0.25) is 0 Å². The first-order valence-corrected chi connectivity index (χ1v) is 13.0. The lowest BCUT2D eigenvalue weighted by atomic mass is 9.84. The molecule has 1 aliphatic heterocycles. The first kappa shape index (κ1) is 24.3. The molecule has 3 aromatic rings. The first-order valence-electron chi connectivity index (χ1n) is 12.2. The molecule has 5 nitrogen and oxygen atoms in total. The maximum Gasteiger partial charge on any atom is 0.139 e. The van der Waals surface area contributed by atoms with Gasteiger partial charge in [0.15, 0.2) is 0 Å². The van der Waals surface area contributed by atoms with Crippen molar-refractivity contribution in [3.8, 4) is 0 Å². The Morgan fingerprint density at radius 3 is 1.85 bits per heavy atom. The van der Waals surface area contributed by atoms with Crippen LogP contribution in [-0.4, -0.2) is 13.1 Å². The van der Waals surface area contributed by atoms with E-state index in [-0.39, 0.29) is 0 Å². The predicted molar refractivity (Wildman–Crippen MR) is 144 cm³/mol. The average molecular weight is 474 g/mol. The summed E-state index contributed by atoms with van der Waals surface area (Å²) in [7, 11) is 0. The van der Waals surface area contributed by atoms with E-state index in [1.54, 1.807) is 11.3 Å². The molecule has 0 aliphatic carbocycles. The highest BCUT2D eigenvalue weighted by molar-refractivity contribution is 7.15. The van der Waals surface area contributed by atoms with Crippen molar-refractivity contribution in [2.75, 3.05) is 18.0 Å². The lowest BCUT2D eigenvalue weighted by Crippen LogP contribution is -2.17. The SMILES string of the molecule is CC(Cc1ccc(N=Nc2ccc(N=Nc3ccc(N4CCCC4)cc3)cc2)s1)CC(C)(C)C. The fourth-order valence-corrected chi connectivity index (χ4v) is 5.50. The highest BCUT2D eigenvalue weighted by atomic mass is 32.1. The number of hydrogen-bond donors (Lipinski definition) is 0. The molecule has 1 fully saturated rings. The highest BCUT2D eigenvalue weighted by Gasteiger charge is 2.16. The number of hydrogen-bond acceptors (Lipinski definition) is 6. The van der Waals surface area contributed by atoms with Gasteiger partial charge in [0.05, 0.1) is 17.1 Å². The van der Waals surface area contributed by atoms with Crippen molar-refractivity contribution >= 4 is 39.1 Å². The van der Waals surface area contributed by atoms with Crippen LogP contribution in [0.15, 0.2) is 81.1 Å². The van der Waals surface area contributed by atoms with Gasteiger partial charge in [-0.2, -0.15) is 10.2 Å². The van der Waals surface area contributed by atoms with Crippen molar-refractivity contribution in [3.05, 3.63) is 65.5 Å². The summed E-state index contributed by atoms with van der Waals surface area (Å²) < 4.78 is 0. The molecule has 4 rings (SSSR count). The van der Waals surface area contributed by atoms with Crippen LogP contribution in [0.2, 0.25) is 0 Å². The minimum atomic E-state index is 0.364. The van der Waals surface area contributed by atoms with Gasteiger partial charge in [0.1, 0.15) is 5.00 Å². The number of nitrogens with zero attached hydrogens (tertiary/aromatic N) is 5. The molecule has 1 aliphatic rings. The molecule has 1 unspecified atom stereocenters. The van der Waals surface area contributed by atoms with Gasteiger partial charge in [-0.25, -0.2) is 0 Å². The molecule has 0 radical (unpaired) electrons. The van der Waals surface area contributed by atoms with Crippen LogP contribution in [0, 0.1) is 11.3 Å². The van der Waals surface area contributed by atoms with Crippen LogP contribution in [0.1, 0.15) is 51.8 Å². The summed E-state index contributed by atoms with van der Waals surface area (Å²) in [5.74, 6) is 0.660. The zero-order chi connectivity index (χ0) is 24.0. The summed E-state index contributed by atoms with van der Waals surface area (Å²) in [4.78, 5) is 3.79. The number of rotatable bonds is 8. The van der Waals surface area contributed by atoms with E-state index < -0.39 is 0 Å². The number of benzene rings is 2. The molecule has 0 amide bonds. The fourth-order valence-electron chi connectivity index (χ4n) is 4.50. The van der Waals surface area contributed by atoms with Crippen molar-refractivity contribution in [3.63, 3.8) is 0 Å². The third-order valence-electron chi connectivity index (χ3n) is 5.87. The molecule has 0 spiro atoms. The van der Waals surface area contributed by atoms with Crippen LogP contribution < -0.4 is 4.90 Å². The zero-order valence-electron chi connectivity index (χ0n) is 20.7. The maximum absolute atomic E-state index is 4.43. The van der Waals surface area contributed by atoms with Gasteiger partial charge in [0.25, 0.3) is 0 Å². The smallest absolute Gasteiger partial charge is 0.139 e. The second-order valence-corrected chi connectivity index (χ2v) is 11.6. The van der Waals surface area contributed by atoms with E-state index in [0.29, 0.717) is 11.3 Å². The molecule has 2 aromatic carbocycles. The molecule has 0 saturated carbocycles. The summed E-state index contributed by atoms with van der Waals surface area (Å²) in [5, 5.41) is 18.5. The Morgan fingerprint density at radius 2 is 1.29 bits per heavy atom. The Kier molecular flexibility index (Phi) is 7.88. The van der Waals surface area contributed by atoms with Crippen molar-refractivity contribution in [2.45, 2.75) is 53.4 Å². The van der Waals surface area contributed by atoms with Gasteiger partial charge in [-0.05, 0) is 97.7 Å². The van der Waals surface area contributed by atoms with Gasteiger partial charge in [-0.1, -0.05) is 27.7 Å². The Hall–Kier alpha value is -2.86. The second kappa shape index (κ2) is 11.0. The molecule has 178 valence electrons. The summed E-state index contributed by atoms with van der Waals surface area (Å²) in [5.41, 5.74) is 4.10. The summed E-state index contributed by atoms with van der Waals surface area (Å²) in [6, 6.07) is 20.2. The third kappa shape index (κ3) is 7.32. The molecular weight excluding hydrogens is 438 g/mol. The molecule has 0 bridgehead atoms. The lowest BCUT2D eigenvalue weighted by molar-refractivity contribution is 0.307. The highest BCUT2D eigenvalue weighted by Crippen LogP contribution is 2.32. The van der Waals surface area contributed by atoms with Crippen LogP contribution in [0.3, 0.4) is 0 Å². The maximum atomic E-state index is 4.43.